The van der Waals surface area contributed by atoms with Gasteiger partial charge in [0.05, 0.1) is 25.5 Å². The van der Waals surface area contributed by atoms with Gasteiger partial charge >= 0.3 is 5.69 Å². The SMILES string of the molecule is COc1cccc(-n2c(=O)n(Cc3c(F)cccc3F)c3cnc(NC4CCN(C)C4)nc32)c1. The summed E-state index contributed by atoms with van der Waals surface area (Å²) in [5, 5.41) is 3.33. The Hall–Kier alpha value is -3.79. The van der Waals surface area contributed by atoms with Gasteiger partial charge in [-0.2, -0.15) is 4.98 Å². The molecule has 5 rings (SSSR count). The number of hydrogen-bond donors (Lipinski definition) is 1. The van der Waals surface area contributed by atoms with E-state index in [1.54, 1.807) is 24.3 Å². The van der Waals surface area contributed by atoms with Gasteiger partial charge in [-0.25, -0.2) is 23.1 Å². The zero-order valence-corrected chi connectivity index (χ0v) is 18.8. The number of fused-ring (bicyclic) bond motifs is 1. The first-order chi connectivity index (χ1) is 16.4. The van der Waals surface area contributed by atoms with Crippen LogP contribution in [0.5, 0.6) is 5.75 Å². The van der Waals surface area contributed by atoms with Crippen LogP contribution in [0.3, 0.4) is 0 Å². The zero-order valence-electron chi connectivity index (χ0n) is 18.8. The Morgan fingerprint density at radius 2 is 1.94 bits per heavy atom. The summed E-state index contributed by atoms with van der Waals surface area (Å²) in [7, 11) is 3.59. The molecule has 4 aromatic rings. The highest BCUT2D eigenvalue weighted by molar-refractivity contribution is 5.74. The molecule has 0 saturated carbocycles. The van der Waals surface area contributed by atoms with Gasteiger partial charge in [0.2, 0.25) is 5.95 Å². The van der Waals surface area contributed by atoms with Gasteiger partial charge in [-0.3, -0.25) is 4.57 Å². The fourth-order valence-electron chi connectivity index (χ4n) is 4.32. The van der Waals surface area contributed by atoms with Crippen LogP contribution < -0.4 is 15.7 Å². The third-order valence-corrected chi connectivity index (χ3v) is 6.09. The first kappa shape index (κ1) is 22.0. The zero-order chi connectivity index (χ0) is 23.8. The average molecular weight is 466 g/mol. The minimum Gasteiger partial charge on any atom is -0.497 e. The Balaban J connectivity index is 1.66. The molecule has 1 fully saturated rings. The van der Waals surface area contributed by atoms with Crippen molar-refractivity contribution in [2.75, 3.05) is 32.6 Å². The van der Waals surface area contributed by atoms with Crippen molar-refractivity contribution in [3.8, 4) is 11.4 Å². The summed E-state index contributed by atoms with van der Waals surface area (Å²) in [5.41, 5.74) is 0.527. The normalized spacial score (nSPS) is 16.3. The third-order valence-electron chi connectivity index (χ3n) is 6.09. The van der Waals surface area contributed by atoms with E-state index in [9.17, 15) is 13.6 Å². The van der Waals surface area contributed by atoms with E-state index in [-0.39, 0.29) is 18.2 Å². The number of aromatic nitrogens is 4. The highest BCUT2D eigenvalue weighted by Crippen LogP contribution is 2.23. The predicted octanol–water partition coefficient (Wildman–Crippen LogP) is 3.03. The smallest absolute Gasteiger partial charge is 0.335 e. The molecule has 1 unspecified atom stereocenters. The number of ether oxygens (including phenoxy) is 1. The van der Waals surface area contributed by atoms with Crippen LogP contribution in [0.4, 0.5) is 14.7 Å². The van der Waals surface area contributed by atoms with Crippen molar-refractivity contribution < 1.29 is 13.5 Å². The second-order valence-electron chi connectivity index (χ2n) is 8.40. The van der Waals surface area contributed by atoms with Crippen LogP contribution in [0.15, 0.2) is 53.5 Å². The van der Waals surface area contributed by atoms with Gasteiger partial charge in [-0.05, 0) is 44.3 Å². The Morgan fingerprint density at radius 3 is 2.65 bits per heavy atom. The van der Waals surface area contributed by atoms with E-state index in [2.05, 4.69) is 20.2 Å². The van der Waals surface area contributed by atoms with E-state index in [4.69, 9.17) is 4.74 Å². The highest BCUT2D eigenvalue weighted by atomic mass is 19.1. The molecule has 1 atom stereocenters. The summed E-state index contributed by atoms with van der Waals surface area (Å²) in [6.07, 6.45) is 2.47. The van der Waals surface area contributed by atoms with Crippen LogP contribution in [0.2, 0.25) is 0 Å². The molecule has 176 valence electrons. The van der Waals surface area contributed by atoms with E-state index >= 15 is 0 Å². The summed E-state index contributed by atoms with van der Waals surface area (Å²) in [4.78, 5) is 24.8. The molecule has 1 aliphatic rings. The van der Waals surface area contributed by atoms with E-state index in [0.29, 0.717) is 28.5 Å². The molecule has 34 heavy (non-hydrogen) atoms. The quantitative estimate of drug-likeness (QED) is 0.471. The summed E-state index contributed by atoms with van der Waals surface area (Å²) in [6, 6.07) is 10.8. The molecule has 0 bridgehead atoms. The van der Waals surface area contributed by atoms with E-state index in [1.165, 1.54) is 40.6 Å². The molecule has 2 aromatic carbocycles. The second kappa shape index (κ2) is 8.86. The number of hydrogen-bond acceptors (Lipinski definition) is 6. The fourth-order valence-corrected chi connectivity index (χ4v) is 4.32. The van der Waals surface area contributed by atoms with Crippen molar-refractivity contribution >= 4 is 17.1 Å². The van der Waals surface area contributed by atoms with Gasteiger partial charge in [-0.1, -0.05) is 12.1 Å². The van der Waals surface area contributed by atoms with Gasteiger partial charge in [0.15, 0.2) is 5.65 Å². The molecule has 0 radical (unpaired) electrons. The van der Waals surface area contributed by atoms with Gasteiger partial charge in [-0.15, -0.1) is 0 Å². The number of benzene rings is 2. The third kappa shape index (κ3) is 4.01. The number of nitrogens with one attached hydrogen (secondary N) is 1. The lowest BCUT2D eigenvalue weighted by atomic mass is 10.2. The minimum atomic E-state index is -0.723. The standard InChI is InChI=1S/C24H24F2N6O2/c1-30-10-9-15(13-30)28-23-27-12-21-22(29-23)32(16-5-3-6-17(11-16)34-2)24(33)31(21)14-18-19(25)7-4-8-20(18)26/h3-8,11-12,15H,9-10,13-14H2,1-2H3,(H,27,28,29). The number of methoxy groups -OCH3 is 1. The molecule has 8 nitrogen and oxygen atoms in total. The van der Waals surface area contributed by atoms with Gasteiger partial charge < -0.3 is 15.0 Å². The largest absolute Gasteiger partial charge is 0.497 e. The van der Waals surface area contributed by atoms with Gasteiger partial charge in [0.25, 0.3) is 0 Å². The summed E-state index contributed by atoms with van der Waals surface area (Å²) >= 11 is 0. The average Bonchev–Trinajstić information content (AvgIpc) is 3.35. The van der Waals surface area contributed by atoms with Crippen molar-refractivity contribution in [3.05, 3.63) is 76.3 Å². The van der Waals surface area contributed by atoms with Crippen LogP contribution in [0.1, 0.15) is 12.0 Å². The summed E-state index contributed by atoms with van der Waals surface area (Å²) in [5.74, 6) is -0.497. The van der Waals surface area contributed by atoms with Gasteiger partial charge in [0.1, 0.15) is 22.9 Å². The maximum Gasteiger partial charge on any atom is 0.335 e. The van der Waals surface area contributed by atoms with Crippen molar-refractivity contribution in [3.63, 3.8) is 0 Å². The molecule has 0 amide bonds. The van der Waals surface area contributed by atoms with E-state index in [0.717, 1.165) is 19.5 Å². The van der Waals surface area contributed by atoms with Crippen LogP contribution in [0.25, 0.3) is 16.9 Å². The minimum absolute atomic E-state index is 0.189. The van der Waals surface area contributed by atoms with Crippen molar-refractivity contribution in [1.29, 1.82) is 0 Å². The molecule has 2 aromatic heterocycles. The maximum atomic E-state index is 14.4. The number of likely N-dealkylation sites (tertiary alicyclic amines) is 1. The van der Waals surface area contributed by atoms with E-state index in [1.807, 2.05) is 7.05 Å². The number of rotatable bonds is 6. The van der Waals surface area contributed by atoms with Crippen molar-refractivity contribution in [2.45, 2.75) is 19.0 Å². The number of nitrogens with zero attached hydrogens (tertiary/aromatic N) is 5. The molecule has 0 aliphatic carbocycles. The molecular weight excluding hydrogens is 442 g/mol. The predicted molar refractivity (Wildman–Crippen MR) is 125 cm³/mol. The number of anilines is 1. The second-order valence-corrected chi connectivity index (χ2v) is 8.40. The van der Waals surface area contributed by atoms with Crippen molar-refractivity contribution in [1.82, 2.24) is 24.0 Å². The van der Waals surface area contributed by atoms with Crippen LogP contribution in [0, 0.1) is 11.6 Å². The molecule has 3 heterocycles. The number of halogens is 2. The summed E-state index contributed by atoms with van der Waals surface area (Å²) < 4.78 is 36.8. The van der Waals surface area contributed by atoms with Gasteiger partial charge in [0, 0.05) is 24.2 Å². The molecule has 1 N–H and O–H groups in total. The Bertz CT molecular complexity index is 1400. The Labute approximate surface area is 194 Å². The highest BCUT2D eigenvalue weighted by Gasteiger charge is 2.23. The monoisotopic (exact) mass is 466 g/mol. The molecule has 10 heteroatoms. The van der Waals surface area contributed by atoms with Crippen molar-refractivity contribution in [2.24, 2.45) is 0 Å². The van der Waals surface area contributed by atoms with Crippen LogP contribution in [-0.4, -0.2) is 57.3 Å². The number of imidazole rings is 1. The molecular formula is C24H24F2N6O2. The lowest BCUT2D eigenvalue weighted by molar-refractivity contribution is 0.414. The lowest BCUT2D eigenvalue weighted by Crippen LogP contribution is -2.25. The lowest BCUT2D eigenvalue weighted by Gasteiger charge is -2.13. The van der Waals surface area contributed by atoms with Crippen LogP contribution in [-0.2, 0) is 6.54 Å². The topological polar surface area (TPSA) is 77.2 Å². The first-order valence-corrected chi connectivity index (χ1v) is 11.0. The maximum absolute atomic E-state index is 14.4. The Kier molecular flexibility index (Phi) is 5.74. The van der Waals surface area contributed by atoms with Crippen LogP contribution >= 0.6 is 0 Å². The molecule has 0 spiro atoms. The first-order valence-electron chi connectivity index (χ1n) is 11.0. The molecule has 1 saturated heterocycles. The summed E-state index contributed by atoms with van der Waals surface area (Å²) in [6.45, 7) is 1.53. The van der Waals surface area contributed by atoms with E-state index < -0.39 is 17.3 Å². The molecule has 1 aliphatic heterocycles. The number of likely N-dealkylation sites (N-methyl/N-ethyl adjacent to an activating group) is 1. The Morgan fingerprint density at radius 1 is 1.18 bits per heavy atom. The fraction of sp³-hybridized carbons (Fsp3) is 0.292.